The number of rotatable bonds is 3. The molecule has 0 aromatic heterocycles. The van der Waals surface area contributed by atoms with Gasteiger partial charge in [-0.25, -0.2) is 4.39 Å². The van der Waals surface area contributed by atoms with Crippen molar-refractivity contribution in [1.29, 1.82) is 0 Å². The van der Waals surface area contributed by atoms with Gasteiger partial charge in [0.15, 0.2) is 0 Å². The van der Waals surface area contributed by atoms with Crippen molar-refractivity contribution in [1.82, 2.24) is 0 Å². The molecule has 2 unspecified atom stereocenters. The van der Waals surface area contributed by atoms with Crippen LogP contribution >= 0.6 is 0 Å². The predicted octanol–water partition coefficient (Wildman–Crippen LogP) is 3.43. The van der Waals surface area contributed by atoms with Crippen LogP contribution in [0.15, 0.2) is 18.2 Å². The Bertz CT molecular complexity index is 367. The average molecular weight is 223 g/mol. The van der Waals surface area contributed by atoms with Crippen LogP contribution in [-0.2, 0) is 0 Å². The molecule has 1 aromatic carbocycles. The van der Waals surface area contributed by atoms with E-state index in [2.05, 4.69) is 12.2 Å². The summed E-state index contributed by atoms with van der Waals surface area (Å²) in [5.74, 6) is 1.08. The molecule has 2 atom stereocenters. The first-order chi connectivity index (χ1) is 7.67. The Kier molecular flexibility index (Phi) is 3.32. The number of ether oxygens (including phenoxy) is 1. The Morgan fingerprint density at radius 1 is 1.31 bits per heavy atom. The quantitative estimate of drug-likeness (QED) is 0.847. The summed E-state index contributed by atoms with van der Waals surface area (Å²) in [5.41, 5.74) is 0.816. The van der Waals surface area contributed by atoms with Gasteiger partial charge in [0.25, 0.3) is 0 Å². The van der Waals surface area contributed by atoms with Crippen LogP contribution in [0.25, 0.3) is 0 Å². The molecule has 1 aliphatic carbocycles. The van der Waals surface area contributed by atoms with Crippen molar-refractivity contribution in [2.45, 2.75) is 32.2 Å². The van der Waals surface area contributed by atoms with E-state index in [1.807, 2.05) is 6.07 Å². The van der Waals surface area contributed by atoms with E-state index in [-0.39, 0.29) is 5.82 Å². The molecular formula is C13H18FNO. The van der Waals surface area contributed by atoms with Crippen molar-refractivity contribution in [2.75, 3.05) is 12.4 Å². The second-order valence-corrected chi connectivity index (χ2v) is 4.64. The van der Waals surface area contributed by atoms with Crippen molar-refractivity contribution in [2.24, 2.45) is 5.92 Å². The zero-order chi connectivity index (χ0) is 11.5. The van der Waals surface area contributed by atoms with Gasteiger partial charge in [0.1, 0.15) is 11.6 Å². The summed E-state index contributed by atoms with van der Waals surface area (Å²) in [5, 5.41) is 3.37. The molecule has 2 nitrogen and oxygen atoms in total. The van der Waals surface area contributed by atoms with E-state index in [9.17, 15) is 4.39 Å². The first-order valence-electron chi connectivity index (χ1n) is 5.78. The number of benzene rings is 1. The summed E-state index contributed by atoms with van der Waals surface area (Å²) in [6.45, 7) is 2.26. The summed E-state index contributed by atoms with van der Waals surface area (Å²) >= 11 is 0. The lowest BCUT2D eigenvalue weighted by Gasteiger charge is -2.14. The molecule has 0 aliphatic heterocycles. The fraction of sp³-hybridized carbons (Fsp3) is 0.538. The molecule has 1 N–H and O–H groups in total. The van der Waals surface area contributed by atoms with Crippen LogP contribution in [0, 0.1) is 11.7 Å². The van der Waals surface area contributed by atoms with Crippen molar-refractivity contribution >= 4 is 5.69 Å². The summed E-state index contributed by atoms with van der Waals surface area (Å²) in [6, 6.07) is 5.22. The molecule has 16 heavy (non-hydrogen) atoms. The number of halogens is 1. The minimum atomic E-state index is -0.257. The maximum absolute atomic E-state index is 13.2. The lowest BCUT2D eigenvalue weighted by atomic mass is 10.1. The number of hydrogen-bond acceptors (Lipinski definition) is 2. The normalized spacial score (nSPS) is 24.4. The molecular weight excluding hydrogens is 205 g/mol. The van der Waals surface area contributed by atoms with E-state index in [4.69, 9.17) is 4.74 Å². The Morgan fingerprint density at radius 3 is 2.75 bits per heavy atom. The molecule has 0 saturated heterocycles. The van der Waals surface area contributed by atoms with E-state index in [1.54, 1.807) is 7.11 Å². The van der Waals surface area contributed by atoms with E-state index in [1.165, 1.54) is 31.4 Å². The smallest absolute Gasteiger partial charge is 0.128 e. The highest BCUT2D eigenvalue weighted by Gasteiger charge is 2.21. The van der Waals surface area contributed by atoms with E-state index >= 15 is 0 Å². The van der Waals surface area contributed by atoms with Crippen molar-refractivity contribution < 1.29 is 9.13 Å². The van der Waals surface area contributed by atoms with Gasteiger partial charge in [0.2, 0.25) is 0 Å². The summed E-state index contributed by atoms with van der Waals surface area (Å²) < 4.78 is 18.3. The van der Waals surface area contributed by atoms with Crippen molar-refractivity contribution in [3.63, 3.8) is 0 Å². The molecule has 3 heteroatoms. The van der Waals surface area contributed by atoms with Gasteiger partial charge in [-0.3, -0.25) is 0 Å². The number of hydrogen-bond donors (Lipinski definition) is 1. The summed E-state index contributed by atoms with van der Waals surface area (Å²) in [4.78, 5) is 0. The molecule has 0 radical (unpaired) electrons. The molecule has 0 heterocycles. The molecule has 0 spiro atoms. The number of methoxy groups -OCH3 is 1. The van der Waals surface area contributed by atoms with Crippen LogP contribution in [0.1, 0.15) is 26.2 Å². The SMILES string of the molecule is COc1cc(F)cc(NC2CCC(C)C2)c1. The fourth-order valence-electron chi connectivity index (χ4n) is 2.34. The van der Waals surface area contributed by atoms with Gasteiger partial charge < -0.3 is 10.1 Å². The molecule has 1 saturated carbocycles. The van der Waals surface area contributed by atoms with Crippen LogP contribution in [0.4, 0.5) is 10.1 Å². The van der Waals surface area contributed by atoms with E-state index in [0.717, 1.165) is 11.6 Å². The van der Waals surface area contributed by atoms with Crippen molar-refractivity contribution in [3.8, 4) is 5.75 Å². The van der Waals surface area contributed by atoms with E-state index in [0.29, 0.717) is 11.8 Å². The van der Waals surface area contributed by atoms with Gasteiger partial charge in [-0.15, -0.1) is 0 Å². The van der Waals surface area contributed by atoms with Crippen LogP contribution < -0.4 is 10.1 Å². The Balaban J connectivity index is 2.06. The standard InChI is InChI=1S/C13H18FNO/c1-9-3-4-11(5-9)15-12-6-10(14)7-13(8-12)16-2/h6-9,11,15H,3-5H2,1-2H3. The summed E-state index contributed by atoms with van der Waals surface area (Å²) in [6.07, 6.45) is 3.59. The Labute approximate surface area is 95.8 Å². The largest absolute Gasteiger partial charge is 0.497 e. The molecule has 1 aliphatic rings. The first-order valence-corrected chi connectivity index (χ1v) is 5.78. The maximum atomic E-state index is 13.2. The molecule has 1 aromatic rings. The Hall–Kier alpha value is -1.25. The zero-order valence-electron chi connectivity index (χ0n) is 9.79. The minimum Gasteiger partial charge on any atom is -0.497 e. The highest BCUT2D eigenvalue weighted by molar-refractivity contribution is 5.49. The van der Waals surface area contributed by atoms with Gasteiger partial charge in [0, 0.05) is 23.9 Å². The molecule has 88 valence electrons. The lowest BCUT2D eigenvalue weighted by Crippen LogP contribution is -2.15. The third-order valence-electron chi connectivity index (χ3n) is 3.17. The highest BCUT2D eigenvalue weighted by Crippen LogP contribution is 2.29. The molecule has 1 fully saturated rings. The Morgan fingerprint density at radius 2 is 2.12 bits per heavy atom. The second kappa shape index (κ2) is 4.73. The second-order valence-electron chi connectivity index (χ2n) is 4.64. The number of anilines is 1. The topological polar surface area (TPSA) is 21.3 Å². The van der Waals surface area contributed by atoms with Gasteiger partial charge in [-0.05, 0) is 31.2 Å². The zero-order valence-corrected chi connectivity index (χ0v) is 9.79. The molecule has 0 bridgehead atoms. The van der Waals surface area contributed by atoms with Crippen LogP contribution in [0.3, 0.4) is 0 Å². The molecule has 0 amide bonds. The average Bonchev–Trinajstić information content (AvgIpc) is 2.63. The van der Waals surface area contributed by atoms with Gasteiger partial charge in [-0.2, -0.15) is 0 Å². The predicted molar refractivity (Wildman–Crippen MR) is 63.4 cm³/mol. The maximum Gasteiger partial charge on any atom is 0.128 e. The first kappa shape index (κ1) is 11.2. The van der Waals surface area contributed by atoms with Gasteiger partial charge in [0.05, 0.1) is 7.11 Å². The highest BCUT2D eigenvalue weighted by atomic mass is 19.1. The van der Waals surface area contributed by atoms with Gasteiger partial charge in [-0.1, -0.05) is 6.92 Å². The van der Waals surface area contributed by atoms with Crippen LogP contribution in [0.5, 0.6) is 5.75 Å². The fourth-order valence-corrected chi connectivity index (χ4v) is 2.34. The monoisotopic (exact) mass is 223 g/mol. The number of nitrogens with one attached hydrogen (secondary N) is 1. The summed E-state index contributed by atoms with van der Waals surface area (Å²) in [7, 11) is 1.55. The molecule has 2 rings (SSSR count). The van der Waals surface area contributed by atoms with Gasteiger partial charge >= 0.3 is 0 Å². The third-order valence-corrected chi connectivity index (χ3v) is 3.17. The van der Waals surface area contributed by atoms with Crippen LogP contribution in [0.2, 0.25) is 0 Å². The lowest BCUT2D eigenvalue weighted by molar-refractivity contribution is 0.411. The minimum absolute atomic E-state index is 0.257. The van der Waals surface area contributed by atoms with Crippen molar-refractivity contribution in [3.05, 3.63) is 24.0 Å². The van der Waals surface area contributed by atoms with E-state index < -0.39 is 0 Å². The third kappa shape index (κ3) is 2.65. The van der Waals surface area contributed by atoms with Crippen LogP contribution in [-0.4, -0.2) is 13.2 Å².